The Morgan fingerprint density at radius 3 is 1.95 bits per heavy atom. The first-order valence-electron chi connectivity index (χ1n) is 14.0. The quantitative estimate of drug-likeness (QED) is 0.0972. The Morgan fingerprint density at radius 1 is 0.814 bits per heavy atom. The van der Waals surface area contributed by atoms with Crippen LogP contribution in [0.3, 0.4) is 0 Å². The van der Waals surface area contributed by atoms with Crippen molar-refractivity contribution in [2.24, 2.45) is 11.7 Å². The summed E-state index contributed by atoms with van der Waals surface area (Å²) in [6, 6.07) is 3.10. The van der Waals surface area contributed by atoms with Gasteiger partial charge in [0.1, 0.15) is 18.1 Å². The number of carbonyl (C=O) groups is 4. The van der Waals surface area contributed by atoms with E-state index in [1.54, 1.807) is 6.20 Å². The van der Waals surface area contributed by atoms with E-state index in [-0.39, 0.29) is 25.2 Å². The second-order valence-corrected chi connectivity index (χ2v) is 10.9. The Balaban J connectivity index is 1.58. The first kappa shape index (κ1) is 31.0. The Kier molecular flexibility index (Phi) is 10.3. The molecule has 0 bridgehead atoms. The molecule has 4 unspecified atom stereocenters. The highest BCUT2D eigenvalue weighted by Gasteiger charge is 2.31. The number of benzene rings is 1. The van der Waals surface area contributed by atoms with Crippen molar-refractivity contribution in [2.75, 3.05) is 0 Å². The molecule has 3 amide bonds. The van der Waals surface area contributed by atoms with Gasteiger partial charge in [-0.05, 0) is 24.0 Å². The van der Waals surface area contributed by atoms with Crippen LogP contribution in [0.25, 0.3) is 10.9 Å². The molecule has 4 rings (SSSR count). The molecule has 228 valence electrons. The van der Waals surface area contributed by atoms with E-state index >= 15 is 0 Å². The van der Waals surface area contributed by atoms with E-state index in [2.05, 4.69) is 40.9 Å². The Morgan fingerprint density at radius 2 is 1.37 bits per heavy atom. The molecule has 3 heterocycles. The molecule has 0 spiro atoms. The maximum Gasteiger partial charge on any atom is 0.326 e. The standard InChI is InChI=1S/C29H37N9O5/c1-16(2)7-21(30)26(39)36-24(9-18-12-31-14-34-18)28(41)37-23(8-17-11-33-22-6-4-3-5-20(17)22)27(40)38-25(29(42)43)10-19-13-32-15-35-19/h3-6,11-16,21,23-25,33H,7-10,30H2,1-2H3,(H,31,34)(H,32,35)(H,36,39)(H,37,41)(H,38,40)(H,42,43). The number of aromatic amines is 3. The van der Waals surface area contributed by atoms with Gasteiger partial charge in [-0.3, -0.25) is 14.4 Å². The fourth-order valence-electron chi connectivity index (χ4n) is 4.81. The van der Waals surface area contributed by atoms with E-state index < -0.39 is 47.9 Å². The van der Waals surface area contributed by atoms with E-state index in [0.717, 1.165) is 16.5 Å². The van der Waals surface area contributed by atoms with E-state index in [0.29, 0.717) is 17.8 Å². The molecule has 3 aromatic heterocycles. The summed E-state index contributed by atoms with van der Waals surface area (Å²) in [5.74, 6) is -2.93. The first-order chi connectivity index (χ1) is 20.6. The van der Waals surface area contributed by atoms with Gasteiger partial charge in [-0.15, -0.1) is 0 Å². The lowest BCUT2D eigenvalue weighted by molar-refractivity contribution is -0.142. The molecule has 4 atom stereocenters. The molecule has 9 N–H and O–H groups in total. The zero-order chi connectivity index (χ0) is 30.9. The largest absolute Gasteiger partial charge is 0.480 e. The van der Waals surface area contributed by atoms with Gasteiger partial charge in [-0.2, -0.15) is 0 Å². The summed E-state index contributed by atoms with van der Waals surface area (Å²) in [7, 11) is 0. The van der Waals surface area contributed by atoms with Crippen LogP contribution in [-0.2, 0) is 38.4 Å². The number of hydrogen-bond donors (Lipinski definition) is 8. The number of carboxylic acids is 1. The van der Waals surface area contributed by atoms with Crippen LogP contribution in [0, 0.1) is 5.92 Å². The van der Waals surface area contributed by atoms with Gasteiger partial charge >= 0.3 is 5.97 Å². The number of H-pyrrole nitrogens is 3. The van der Waals surface area contributed by atoms with E-state index in [4.69, 9.17) is 5.73 Å². The zero-order valence-corrected chi connectivity index (χ0v) is 24.0. The lowest BCUT2D eigenvalue weighted by Crippen LogP contribution is -2.58. The van der Waals surface area contributed by atoms with Crippen LogP contribution in [0.5, 0.6) is 0 Å². The molecular formula is C29H37N9O5. The summed E-state index contributed by atoms with van der Waals surface area (Å²) in [6.45, 7) is 3.87. The molecule has 0 aliphatic carbocycles. The van der Waals surface area contributed by atoms with Crippen LogP contribution in [0.2, 0.25) is 0 Å². The van der Waals surface area contributed by atoms with Gasteiger partial charge in [0.25, 0.3) is 0 Å². The molecular weight excluding hydrogens is 554 g/mol. The van der Waals surface area contributed by atoms with Crippen molar-refractivity contribution in [3.8, 4) is 0 Å². The third-order valence-corrected chi connectivity index (χ3v) is 7.00. The third kappa shape index (κ3) is 8.52. The van der Waals surface area contributed by atoms with Crippen LogP contribution in [0.4, 0.5) is 0 Å². The molecule has 0 radical (unpaired) electrons. The monoisotopic (exact) mass is 591 g/mol. The number of fused-ring (bicyclic) bond motifs is 1. The molecule has 43 heavy (non-hydrogen) atoms. The highest BCUT2D eigenvalue weighted by atomic mass is 16.4. The highest BCUT2D eigenvalue weighted by molar-refractivity contribution is 5.95. The lowest BCUT2D eigenvalue weighted by Gasteiger charge is -2.25. The SMILES string of the molecule is CC(C)CC(N)C(=O)NC(Cc1cnc[nH]1)C(=O)NC(Cc1c[nH]c2ccccc12)C(=O)NC(Cc1cnc[nH]1)C(=O)O. The third-order valence-electron chi connectivity index (χ3n) is 7.00. The predicted octanol–water partition coefficient (Wildman–Crippen LogP) is 0.554. The van der Waals surface area contributed by atoms with Crippen LogP contribution in [-0.4, -0.2) is 77.9 Å². The van der Waals surface area contributed by atoms with Gasteiger partial charge in [0.2, 0.25) is 17.7 Å². The van der Waals surface area contributed by atoms with Gasteiger partial charge < -0.3 is 41.7 Å². The maximum atomic E-state index is 13.7. The number of amides is 3. The lowest BCUT2D eigenvalue weighted by atomic mass is 10.0. The average molecular weight is 592 g/mol. The Hall–Kier alpha value is -4.98. The number of nitrogens with two attached hydrogens (primary N) is 1. The molecule has 4 aromatic rings. The molecule has 14 heteroatoms. The minimum Gasteiger partial charge on any atom is -0.480 e. The van der Waals surface area contributed by atoms with Gasteiger partial charge in [-0.1, -0.05) is 32.0 Å². The normalized spacial score (nSPS) is 14.1. The van der Waals surface area contributed by atoms with Crippen molar-refractivity contribution < 1.29 is 24.3 Å². The fourth-order valence-corrected chi connectivity index (χ4v) is 4.81. The van der Waals surface area contributed by atoms with Gasteiger partial charge in [-0.25, -0.2) is 14.8 Å². The number of rotatable bonds is 15. The average Bonchev–Trinajstić information content (AvgIpc) is 3.75. The first-order valence-corrected chi connectivity index (χ1v) is 14.0. The summed E-state index contributed by atoms with van der Waals surface area (Å²) in [4.78, 5) is 69.1. The van der Waals surface area contributed by atoms with Gasteiger partial charge in [0, 0.05) is 60.1 Å². The number of nitrogens with one attached hydrogen (secondary N) is 6. The van der Waals surface area contributed by atoms with E-state index in [9.17, 15) is 24.3 Å². The number of para-hydroxylation sites is 1. The number of imidazole rings is 2. The summed E-state index contributed by atoms with van der Waals surface area (Å²) in [5.41, 5.74) is 8.76. The topological polar surface area (TPSA) is 224 Å². The van der Waals surface area contributed by atoms with Crippen molar-refractivity contribution >= 4 is 34.6 Å². The van der Waals surface area contributed by atoms with E-state index in [1.165, 1.54) is 25.0 Å². The smallest absolute Gasteiger partial charge is 0.326 e. The number of nitrogens with zero attached hydrogens (tertiary/aromatic N) is 2. The Labute approximate surface area is 247 Å². The highest BCUT2D eigenvalue weighted by Crippen LogP contribution is 2.19. The minimum absolute atomic E-state index is 0.0406. The number of aliphatic carboxylic acids is 1. The number of hydrogen-bond acceptors (Lipinski definition) is 7. The molecule has 0 aliphatic heterocycles. The maximum absolute atomic E-state index is 13.7. The van der Waals surface area contributed by atoms with Crippen molar-refractivity contribution in [3.63, 3.8) is 0 Å². The molecule has 14 nitrogen and oxygen atoms in total. The minimum atomic E-state index is -1.29. The Bertz CT molecular complexity index is 1510. The van der Waals surface area contributed by atoms with Crippen molar-refractivity contribution in [1.82, 2.24) is 40.9 Å². The van der Waals surface area contributed by atoms with Crippen molar-refractivity contribution in [3.05, 3.63) is 72.5 Å². The van der Waals surface area contributed by atoms with Crippen molar-refractivity contribution in [1.29, 1.82) is 0 Å². The fraction of sp³-hybridized carbons (Fsp3) is 0.379. The molecule has 1 aromatic carbocycles. The summed E-state index contributed by atoms with van der Waals surface area (Å²) in [6.07, 6.45) is 8.10. The van der Waals surface area contributed by atoms with Gasteiger partial charge in [0.05, 0.1) is 18.7 Å². The second kappa shape index (κ2) is 14.3. The predicted molar refractivity (Wildman–Crippen MR) is 157 cm³/mol. The summed E-state index contributed by atoms with van der Waals surface area (Å²) in [5, 5.41) is 18.7. The van der Waals surface area contributed by atoms with Crippen LogP contribution in [0.15, 0.2) is 55.5 Å². The van der Waals surface area contributed by atoms with Crippen LogP contribution < -0.4 is 21.7 Å². The van der Waals surface area contributed by atoms with Crippen molar-refractivity contribution in [2.45, 2.75) is 63.7 Å². The zero-order valence-electron chi connectivity index (χ0n) is 24.0. The number of carbonyl (C=O) groups excluding carboxylic acids is 3. The number of carboxylic acid groups (broad SMARTS) is 1. The van der Waals surface area contributed by atoms with Crippen LogP contribution >= 0.6 is 0 Å². The molecule has 0 saturated carbocycles. The van der Waals surface area contributed by atoms with Gasteiger partial charge in [0.15, 0.2) is 0 Å². The van der Waals surface area contributed by atoms with Crippen LogP contribution in [0.1, 0.15) is 37.2 Å². The molecule has 0 fully saturated rings. The summed E-state index contributed by atoms with van der Waals surface area (Å²) < 4.78 is 0. The number of aromatic nitrogens is 5. The second-order valence-electron chi connectivity index (χ2n) is 10.9. The van der Waals surface area contributed by atoms with E-state index in [1.807, 2.05) is 38.1 Å². The molecule has 0 saturated heterocycles. The molecule has 0 aliphatic rings. The summed E-state index contributed by atoms with van der Waals surface area (Å²) >= 11 is 0.